The summed E-state index contributed by atoms with van der Waals surface area (Å²) in [5, 5.41) is 7.34. The molecule has 6 heteroatoms. The minimum atomic E-state index is 0.218. The van der Waals surface area contributed by atoms with Gasteiger partial charge in [0.1, 0.15) is 6.33 Å². The largest absolute Gasteiger partial charge is 0.332 e. The summed E-state index contributed by atoms with van der Waals surface area (Å²) in [6.07, 6.45) is 7.11. The van der Waals surface area contributed by atoms with E-state index in [2.05, 4.69) is 44.3 Å². The molecule has 1 heterocycles. The van der Waals surface area contributed by atoms with Crippen molar-refractivity contribution in [3.05, 3.63) is 41.7 Å². The van der Waals surface area contributed by atoms with E-state index in [9.17, 15) is 4.79 Å². The highest BCUT2D eigenvalue weighted by Gasteiger charge is 2.39. The Morgan fingerprint density at radius 2 is 2.17 bits per heavy atom. The van der Waals surface area contributed by atoms with Crippen molar-refractivity contribution in [1.82, 2.24) is 20.1 Å². The number of hydrogen-bond acceptors (Lipinski definition) is 4. The minimum Gasteiger partial charge on any atom is -0.332 e. The number of hydrogen-bond donors (Lipinski definition) is 1. The molecule has 0 radical (unpaired) electrons. The number of aromatic nitrogens is 3. The van der Waals surface area contributed by atoms with Crippen LogP contribution in [0.4, 0.5) is 0 Å². The number of carbonyl (C=O) groups excluding carboxylic acids is 1. The van der Waals surface area contributed by atoms with E-state index in [4.69, 9.17) is 0 Å². The molecular formula is C17H20N4OS. The van der Waals surface area contributed by atoms with Crippen molar-refractivity contribution >= 4 is 17.7 Å². The number of amides is 1. The lowest BCUT2D eigenvalue weighted by Gasteiger charge is -2.36. The number of H-pyrrole nitrogens is 1. The Balaban J connectivity index is 1.53. The molecule has 0 spiro atoms. The molecule has 4 rings (SSSR count). The van der Waals surface area contributed by atoms with Crippen LogP contribution in [-0.4, -0.2) is 37.8 Å². The Morgan fingerprint density at radius 3 is 2.96 bits per heavy atom. The molecule has 1 unspecified atom stereocenters. The van der Waals surface area contributed by atoms with Crippen LogP contribution in [0.5, 0.6) is 0 Å². The lowest BCUT2D eigenvalue weighted by molar-refractivity contribution is -0.131. The summed E-state index contributed by atoms with van der Waals surface area (Å²) in [5.41, 5.74) is 2.76. The van der Waals surface area contributed by atoms with Gasteiger partial charge in [-0.25, -0.2) is 4.98 Å². The number of fused-ring (bicyclic) bond motifs is 1. The average molecular weight is 328 g/mol. The van der Waals surface area contributed by atoms with Crippen molar-refractivity contribution in [1.29, 1.82) is 0 Å². The fourth-order valence-electron chi connectivity index (χ4n) is 3.47. The van der Waals surface area contributed by atoms with E-state index >= 15 is 0 Å². The number of nitrogens with zero attached hydrogens (tertiary/aromatic N) is 3. The van der Waals surface area contributed by atoms with Crippen LogP contribution in [0.1, 0.15) is 42.9 Å². The maximum Gasteiger partial charge on any atom is 0.233 e. The Morgan fingerprint density at radius 1 is 1.30 bits per heavy atom. The van der Waals surface area contributed by atoms with Crippen LogP contribution in [0.2, 0.25) is 0 Å². The third-order valence-corrected chi connectivity index (χ3v) is 5.49. The Kier molecular flexibility index (Phi) is 4.08. The van der Waals surface area contributed by atoms with Crippen molar-refractivity contribution in [2.45, 2.75) is 49.3 Å². The first-order chi connectivity index (χ1) is 11.3. The third kappa shape index (κ3) is 3.13. The van der Waals surface area contributed by atoms with Gasteiger partial charge in [-0.15, -0.1) is 0 Å². The number of nitrogens with one attached hydrogen (secondary N) is 1. The predicted octanol–water partition coefficient (Wildman–Crippen LogP) is 2.97. The van der Waals surface area contributed by atoms with Crippen molar-refractivity contribution in [2.75, 3.05) is 5.75 Å². The molecule has 1 fully saturated rings. The molecule has 1 atom stereocenters. The highest BCUT2D eigenvalue weighted by molar-refractivity contribution is 7.99. The highest BCUT2D eigenvalue weighted by atomic mass is 32.2. The molecule has 2 aliphatic carbocycles. The fourth-order valence-corrected chi connectivity index (χ4v) is 4.12. The summed E-state index contributed by atoms with van der Waals surface area (Å²) in [7, 11) is 0. The molecule has 5 nitrogen and oxygen atoms in total. The number of aromatic amines is 1. The fraction of sp³-hybridized carbons (Fsp3) is 0.471. The first kappa shape index (κ1) is 14.8. The molecule has 23 heavy (non-hydrogen) atoms. The van der Waals surface area contributed by atoms with Gasteiger partial charge in [-0.2, -0.15) is 5.10 Å². The van der Waals surface area contributed by atoms with Crippen LogP contribution in [0.15, 0.2) is 35.7 Å². The van der Waals surface area contributed by atoms with E-state index in [1.165, 1.54) is 29.2 Å². The van der Waals surface area contributed by atoms with Gasteiger partial charge in [0.05, 0.1) is 11.8 Å². The molecule has 1 aromatic carbocycles. The van der Waals surface area contributed by atoms with Gasteiger partial charge in [-0.1, -0.05) is 36.0 Å². The Bertz CT molecular complexity index is 684. The summed E-state index contributed by atoms with van der Waals surface area (Å²) in [4.78, 5) is 19.1. The predicted molar refractivity (Wildman–Crippen MR) is 89.1 cm³/mol. The molecule has 0 bridgehead atoms. The van der Waals surface area contributed by atoms with Gasteiger partial charge < -0.3 is 4.90 Å². The summed E-state index contributed by atoms with van der Waals surface area (Å²) < 4.78 is 0. The van der Waals surface area contributed by atoms with Gasteiger partial charge >= 0.3 is 0 Å². The number of benzene rings is 1. The number of rotatable bonds is 5. The average Bonchev–Trinajstić information content (AvgIpc) is 3.27. The van der Waals surface area contributed by atoms with E-state index in [1.54, 1.807) is 0 Å². The van der Waals surface area contributed by atoms with Crippen LogP contribution < -0.4 is 0 Å². The number of thioether (sulfide) groups is 1. The summed E-state index contributed by atoms with van der Waals surface area (Å²) in [6, 6.07) is 9.27. The van der Waals surface area contributed by atoms with Crippen molar-refractivity contribution < 1.29 is 4.79 Å². The summed E-state index contributed by atoms with van der Waals surface area (Å²) >= 11 is 1.43. The highest BCUT2D eigenvalue weighted by Crippen LogP contribution is 2.41. The molecule has 1 saturated carbocycles. The van der Waals surface area contributed by atoms with Crippen LogP contribution >= 0.6 is 11.8 Å². The zero-order valence-corrected chi connectivity index (χ0v) is 13.8. The minimum absolute atomic E-state index is 0.218. The van der Waals surface area contributed by atoms with Gasteiger partial charge in [-0.05, 0) is 43.2 Å². The molecular weight excluding hydrogens is 308 g/mol. The van der Waals surface area contributed by atoms with Gasteiger partial charge in [0.2, 0.25) is 5.91 Å². The van der Waals surface area contributed by atoms with Crippen LogP contribution in [0.25, 0.3) is 0 Å². The van der Waals surface area contributed by atoms with Gasteiger partial charge in [-0.3, -0.25) is 9.89 Å². The Labute approximate surface area is 139 Å². The first-order valence-electron chi connectivity index (χ1n) is 8.20. The Hall–Kier alpha value is -1.82. The SMILES string of the molecule is O=C(CSc1ncn[nH]1)N(C1CC1)C1CCCc2ccccc21. The molecule has 0 aliphatic heterocycles. The lowest BCUT2D eigenvalue weighted by Crippen LogP contribution is -2.39. The van der Waals surface area contributed by atoms with Gasteiger partial charge in [0.25, 0.3) is 0 Å². The number of aryl methyl sites for hydroxylation is 1. The third-order valence-electron chi connectivity index (χ3n) is 4.63. The normalized spacial score (nSPS) is 20.1. The smallest absolute Gasteiger partial charge is 0.233 e. The first-order valence-corrected chi connectivity index (χ1v) is 9.18. The maximum absolute atomic E-state index is 12.9. The van der Waals surface area contributed by atoms with E-state index in [0.29, 0.717) is 17.0 Å². The molecule has 0 saturated heterocycles. The second kappa shape index (κ2) is 6.35. The summed E-state index contributed by atoms with van der Waals surface area (Å²) in [5.74, 6) is 0.639. The molecule has 2 aromatic rings. The van der Waals surface area contributed by atoms with E-state index in [0.717, 1.165) is 32.1 Å². The topological polar surface area (TPSA) is 61.9 Å². The molecule has 1 amide bonds. The number of carbonyl (C=O) groups is 1. The van der Waals surface area contributed by atoms with Gasteiger partial charge in [0, 0.05) is 6.04 Å². The van der Waals surface area contributed by atoms with Crippen LogP contribution in [0, 0.1) is 0 Å². The van der Waals surface area contributed by atoms with Crippen LogP contribution in [0.3, 0.4) is 0 Å². The molecule has 1 N–H and O–H groups in total. The van der Waals surface area contributed by atoms with E-state index < -0.39 is 0 Å². The van der Waals surface area contributed by atoms with E-state index in [-0.39, 0.29) is 11.9 Å². The zero-order valence-electron chi connectivity index (χ0n) is 12.9. The standard InChI is InChI=1S/C17H20N4OS/c22-16(10-23-17-18-11-19-20-17)21(13-8-9-13)15-7-3-5-12-4-1-2-6-14(12)15/h1-2,4,6,11,13,15H,3,5,7-10H2,(H,18,19,20). The summed E-state index contributed by atoms with van der Waals surface area (Å²) in [6.45, 7) is 0. The molecule has 1 aromatic heterocycles. The second-order valence-electron chi connectivity index (χ2n) is 6.22. The lowest BCUT2D eigenvalue weighted by atomic mass is 9.86. The molecule has 2 aliphatic rings. The van der Waals surface area contributed by atoms with Gasteiger partial charge in [0.15, 0.2) is 5.16 Å². The van der Waals surface area contributed by atoms with Crippen molar-refractivity contribution in [3.63, 3.8) is 0 Å². The van der Waals surface area contributed by atoms with Crippen LogP contribution in [-0.2, 0) is 11.2 Å². The van der Waals surface area contributed by atoms with Crippen molar-refractivity contribution in [2.24, 2.45) is 0 Å². The molecule has 120 valence electrons. The monoisotopic (exact) mass is 328 g/mol. The zero-order chi connectivity index (χ0) is 15.6. The maximum atomic E-state index is 12.9. The second-order valence-corrected chi connectivity index (χ2v) is 7.18. The van der Waals surface area contributed by atoms with E-state index in [1.807, 2.05) is 0 Å². The van der Waals surface area contributed by atoms with Crippen molar-refractivity contribution in [3.8, 4) is 0 Å². The quantitative estimate of drug-likeness (QED) is 0.857.